The highest BCUT2D eigenvalue weighted by Crippen LogP contribution is 2.33. The first kappa shape index (κ1) is 31.5. The van der Waals surface area contributed by atoms with Crippen molar-refractivity contribution in [3.05, 3.63) is 150 Å². The van der Waals surface area contributed by atoms with Gasteiger partial charge in [0.15, 0.2) is 12.2 Å². The van der Waals surface area contributed by atoms with Gasteiger partial charge in [-0.3, -0.25) is 0 Å². The lowest BCUT2D eigenvalue weighted by Gasteiger charge is -2.43. The molecule has 1 fully saturated rings. The highest BCUT2D eigenvalue weighted by atomic mass is 16.7. The number of esters is 3. The number of nitrogens with zero attached hydrogens (tertiary/aromatic N) is 2. The molecule has 0 N–H and O–H groups in total. The predicted molar refractivity (Wildman–Crippen MR) is 179 cm³/mol. The van der Waals surface area contributed by atoms with Crippen LogP contribution in [0.1, 0.15) is 38.0 Å². The van der Waals surface area contributed by atoms with Crippen molar-refractivity contribution < 1.29 is 38.1 Å². The van der Waals surface area contributed by atoms with Gasteiger partial charge in [-0.1, -0.05) is 66.7 Å². The third kappa shape index (κ3) is 6.95. The quantitative estimate of drug-likeness (QED) is 0.101. The Balaban J connectivity index is 1.26. The van der Waals surface area contributed by atoms with Gasteiger partial charge in [0.2, 0.25) is 12.4 Å². The van der Waals surface area contributed by atoms with Gasteiger partial charge in [0.05, 0.1) is 44.9 Å². The standard InChI is InChI=1S/C39H30N2O8/c1-24-33(47-36(42)25-13-5-2-6-14-25)34(48-37(43)26-15-7-3-8-16-26)35(49-38(44)27-17-9-4-10-18-27)39(45-24)46-28-21-22-31-32(23-28)41-30-20-12-11-19-29(30)40-31/h2-24,33-35,39H,1H3/t24-,33-,34+,35-,39+/m0/s1. The van der Waals surface area contributed by atoms with Crippen molar-refractivity contribution >= 4 is 40.0 Å². The second-order valence-electron chi connectivity index (χ2n) is 11.4. The summed E-state index contributed by atoms with van der Waals surface area (Å²) in [5, 5.41) is 0. The lowest BCUT2D eigenvalue weighted by Crippen LogP contribution is -2.62. The van der Waals surface area contributed by atoms with Crippen molar-refractivity contribution in [1.82, 2.24) is 9.97 Å². The van der Waals surface area contributed by atoms with Crippen LogP contribution < -0.4 is 4.74 Å². The molecule has 1 aliphatic rings. The average Bonchev–Trinajstić information content (AvgIpc) is 3.14. The van der Waals surface area contributed by atoms with Crippen LogP contribution >= 0.6 is 0 Å². The third-order valence-electron chi connectivity index (χ3n) is 8.05. The molecule has 1 saturated heterocycles. The Hall–Kier alpha value is -6.13. The van der Waals surface area contributed by atoms with Crippen molar-refractivity contribution in [1.29, 1.82) is 0 Å². The van der Waals surface area contributed by atoms with E-state index in [2.05, 4.69) is 4.98 Å². The summed E-state index contributed by atoms with van der Waals surface area (Å²) in [5.41, 5.74) is 3.46. The zero-order valence-corrected chi connectivity index (χ0v) is 26.2. The molecule has 10 nitrogen and oxygen atoms in total. The van der Waals surface area contributed by atoms with E-state index in [0.717, 1.165) is 5.52 Å². The molecule has 0 amide bonds. The molecule has 10 heteroatoms. The van der Waals surface area contributed by atoms with Crippen LogP contribution in [-0.4, -0.2) is 58.6 Å². The molecular formula is C39H30N2O8. The molecule has 5 aromatic carbocycles. The van der Waals surface area contributed by atoms with E-state index in [-0.39, 0.29) is 16.7 Å². The molecule has 0 spiro atoms. The third-order valence-corrected chi connectivity index (χ3v) is 8.05. The fraction of sp³-hybridized carbons (Fsp3) is 0.154. The van der Waals surface area contributed by atoms with Crippen LogP contribution in [0.15, 0.2) is 133 Å². The first-order chi connectivity index (χ1) is 23.9. The number of rotatable bonds is 8. The number of carbonyl (C=O) groups is 3. The van der Waals surface area contributed by atoms with E-state index in [4.69, 9.17) is 28.7 Å². The number of para-hydroxylation sites is 2. The molecule has 0 saturated carbocycles. The lowest BCUT2D eigenvalue weighted by atomic mass is 9.98. The van der Waals surface area contributed by atoms with Gasteiger partial charge in [-0.05, 0) is 67.6 Å². The molecule has 6 aromatic rings. The number of carbonyl (C=O) groups excluding carboxylic acids is 3. The maximum atomic E-state index is 13.5. The molecule has 0 radical (unpaired) electrons. The number of ether oxygens (including phenoxy) is 5. The molecule has 49 heavy (non-hydrogen) atoms. The topological polar surface area (TPSA) is 123 Å². The van der Waals surface area contributed by atoms with Crippen molar-refractivity contribution in [2.45, 2.75) is 37.6 Å². The number of aromatic nitrogens is 2. The largest absolute Gasteiger partial charge is 0.461 e. The molecule has 0 unspecified atom stereocenters. The van der Waals surface area contributed by atoms with Crippen molar-refractivity contribution in [2.75, 3.05) is 0 Å². The Kier molecular flexibility index (Phi) is 8.94. The van der Waals surface area contributed by atoms with Crippen LogP contribution in [0.25, 0.3) is 22.1 Å². The predicted octanol–water partition coefficient (Wildman–Crippen LogP) is 6.58. The van der Waals surface area contributed by atoms with Gasteiger partial charge in [-0.25, -0.2) is 24.4 Å². The summed E-state index contributed by atoms with van der Waals surface area (Å²) in [5.74, 6) is -1.77. The molecule has 0 bridgehead atoms. The van der Waals surface area contributed by atoms with Crippen LogP contribution in [0.2, 0.25) is 0 Å². The Labute approximate surface area is 281 Å². The first-order valence-corrected chi connectivity index (χ1v) is 15.7. The average molecular weight is 655 g/mol. The summed E-state index contributed by atoms with van der Waals surface area (Å²) in [6.45, 7) is 1.66. The molecular weight excluding hydrogens is 624 g/mol. The van der Waals surface area contributed by atoms with Crippen molar-refractivity contribution in [3.8, 4) is 5.75 Å². The lowest BCUT2D eigenvalue weighted by molar-refractivity contribution is -0.266. The van der Waals surface area contributed by atoms with E-state index < -0.39 is 48.6 Å². The zero-order valence-electron chi connectivity index (χ0n) is 26.2. The highest BCUT2D eigenvalue weighted by molar-refractivity contribution is 5.91. The van der Waals surface area contributed by atoms with E-state index in [0.29, 0.717) is 22.3 Å². The molecule has 1 aliphatic heterocycles. The van der Waals surface area contributed by atoms with Crippen LogP contribution in [0.5, 0.6) is 5.75 Å². The fourth-order valence-corrected chi connectivity index (χ4v) is 5.60. The fourth-order valence-electron chi connectivity index (χ4n) is 5.60. The van der Waals surface area contributed by atoms with Crippen LogP contribution in [0, 0.1) is 0 Å². The molecule has 2 heterocycles. The number of fused-ring (bicyclic) bond motifs is 2. The summed E-state index contributed by atoms with van der Waals surface area (Å²) in [6.07, 6.45) is -6.09. The zero-order chi connectivity index (χ0) is 33.7. The Morgan fingerprint density at radius 3 is 1.47 bits per heavy atom. The van der Waals surface area contributed by atoms with E-state index in [1.807, 2.05) is 24.3 Å². The van der Waals surface area contributed by atoms with E-state index in [1.54, 1.807) is 116 Å². The van der Waals surface area contributed by atoms with E-state index in [9.17, 15) is 14.4 Å². The minimum Gasteiger partial charge on any atom is -0.461 e. The second kappa shape index (κ2) is 13.9. The number of hydrogen-bond acceptors (Lipinski definition) is 10. The van der Waals surface area contributed by atoms with Gasteiger partial charge in [-0.15, -0.1) is 0 Å². The summed E-state index contributed by atoms with van der Waals surface area (Å²) >= 11 is 0. The van der Waals surface area contributed by atoms with Gasteiger partial charge in [0.25, 0.3) is 0 Å². The van der Waals surface area contributed by atoms with Crippen LogP contribution in [0.3, 0.4) is 0 Å². The summed E-state index contributed by atoms with van der Waals surface area (Å²) in [6, 6.07) is 37.7. The van der Waals surface area contributed by atoms with Crippen LogP contribution in [-0.2, 0) is 18.9 Å². The summed E-state index contributed by atoms with van der Waals surface area (Å²) in [7, 11) is 0. The maximum absolute atomic E-state index is 13.5. The Bertz CT molecular complexity index is 2110. The number of hydrogen-bond donors (Lipinski definition) is 0. The Morgan fingerprint density at radius 1 is 0.510 bits per heavy atom. The highest BCUT2D eigenvalue weighted by Gasteiger charge is 2.52. The molecule has 7 rings (SSSR count). The van der Waals surface area contributed by atoms with Gasteiger partial charge in [-0.2, -0.15) is 0 Å². The van der Waals surface area contributed by atoms with E-state index in [1.165, 1.54) is 0 Å². The minimum atomic E-state index is -1.39. The van der Waals surface area contributed by atoms with Gasteiger partial charge >= 0.3 is 17.9 Å². The first-order valence-electron chi connectivity index (χ1n) is 15.7. The van der Waals surface area contributed by atoms with Crippen LogP contribution in [0.4, 0.5) is 0 Å². The smallest absolute Gasteiger partial charge is 0.338 e. The van der Waals surface area contributed by atoms with Gasteiger partial charge in [0, 0.05) is 6.07 Å². The molecule has 1 aromatic heterocycles. The van der Waals surface area contributed by atoms with Gasteiger partial charge < -0.3 is 23.7 Å². The van der Waals surface area contributed by atoms with Crippen molar-refractivity contribution in [2.24, 2.45) is 0 Å². The molecule has 0 aliphatic carbocycles. The van der Waals surface area contributed by atoms with E-state index >= 15 is 0 Å². The second-order valence-corrected chi connectivity index (χ2v) is 11.4. The van der Waals surface area contributed by atoms with Crippen molar-refractivity contribution in [3.63, 3.8) is 0 Å². The number of benzene rings is 5. The SMILES string of the molecule is C[C@@H]1O[C@H](Oc2ccc3nc4ccccc4nc3c2)[C@@H](OC(=O)c2ccccc2)[C@H](OC(=O)c2ccccc2)[C@H]1OC(=O)c1ccccc1. The summed E-state index contributed by atoms with van der Waals surface area (Å²) in [4.78, 5) is 49.8. The molecule has 5 atom stereocenters. The monoisotopic (exact) mass is 654 g/mol. The minimum absolute atomic E-state index is 0.249. The maximum Gasteiger partial charge on any atom is 0.338 e. The summed E-state index contributed by atoms with van der Waals surface area (Å²) < 4.78 is 30.7. The van der Waals surface area contributed by atoms with Gasteiger partial charge in [0.1, 0.15) is 5.75 Å². The molecule has 244 valence electrons. The normalized spacial score (nSPS) is 20.3. The Morgan fingerprint density at radius 2 is 0.939 bits per heavy atom.